The standard InChI is InChI=1S/C13H23N3OS/c1-9(2)11-15-10(6-18-11)12(17)16(5)8-13(3,4)7-14/h6,9H,7-8,14H2,1-5H3. The maximum atomic E-state index is 12.2. The first-order valence-electron chi connectivity index (χ1n) is 6.18. The molecule has 1 rings (SSSR count). The lowest BCUT2D eigenvalue weighted by atomic mass is 9.93. The minimum absolute atomic E-state index is 0.0281. The molecule has 102 valence electrons. The number of nitrogens with zero attached hydrogens (tertiary/aromatic N) is 2. The van der Waals surface area contributed by atoms with Gasteiger partial charge in [0.1, 0.15) is 5.69 Å². The number of aromatic nitrogens is 1. The van der Waals surface area contributed by atoms with Gasteiger partial charge < -0.3 is 10.6 Å². The van der Waals surface area contributed by atoms with Gasteiger partial charge >= 0.3 is 0 Å². The fourth-order valence-corrected chi connectivity index (χ4v) is 2.43. The van der Waals surface area contributed by atoms with Crippen molar-refractivity contribution in [2.24, 2.45) is 11.1 Å². The molecule has 1 aromatic rings. The largest absolute Gasteiger partial charge is 0.340 e. The lowest BCUT2D eigenvalue weighted by Crippen LogP contribution is -2.39. The highest BCUT2D eigenvalue weighted by molar-refractivity contribution is 7.09. The fraction of sp³-hybridized carbons (Fsp3) is 0.692. The summed E-state index contributed by atoms with van der Waals surface area (Å²) in [5, 5.41) is 2.84. The van der Waals surface area contributed by atoms with Crippen LogP contribution in [0.1, 0.15) is 49.1 Å². The van der Waals surface area contributed by atoms with Crippen LogP contribution in [-0.4, -0.2) is 35.9 Å². The van der Waals surface area contributed by atoms with E-state index in [0.29, 0.717) is 24.7 Å². The van der Waals surface area contributed by atoms with E-state index in [-0.39, 0.29) is 11.3 Å². The molecule has 0 atom stereocenters. The Labute approximate surface area is 113 Å². The summed E-state index contributed by atoms with van der Waals surface area (Å²) in [7, 11) is 1.80. The van der Waals surface area contributed by atoms with Crippen molar-refractivity contribution in [1.29, 1.82) is 0 Å². The van der Waals surface area contributed by atoms with Crippen molar-refractivity contribution in [1.82, 2.24) is 9.88 Å². The second-order valence-electron chi connectivity index (χ2n) is 5.76. The monoisotopic (exact) mass is 269 g/mol. The number of carbonyl (C=O) groups is 1. The van der Waals surface area contributed by atoms with E-state index in [0.717, 1.165) is 5.01 Å². The molecule has 4 nitrogen and oxygen atoms in total. The SMILES string of the molecule is CC(C)c1nc(C(=O)N(C)CC(C)(C)CN)cs1. The minimum Gasteiger partial charge on any atom is -0.340 e. The smallest absolute Gasteiger partial charge is 0.273 e. The molecule has 0 saturated heterocycles. The van der Waals surface area contributed by atoms with E-state index in [9.17, 15) is 4.79 Å². The normalized spacial score (nSPS) is 11.9. The Morgan fingerprint density at radius 2 is 2.17 bits per heavy atom. The first kappa shape index (κ1) is 15.1. The minimum atomic E-state index is -0.0681. The third-order valence-corrected chi connectivity index (χ3v) is 3.94. The molecule has 18 heavy (non-hydrogen) atoms. The summed E-state index contributed by atoms with van der Waals surface area (Å²) >= 11 is 1.54. The Kier molecular flexibility index (Phi) is 4.87. The van der Waals surface area contributed by atoms with Crippen LogP contribution in [0.2, 0.25) is 0 Å². The number of rotatable bonds is 5. The van der Waals surface area contributed by atoms with Gasteiger partial charge in [-0.15, -0.1) is 11.3 Å². The summed E-state index contributed by atoms with van der Waals surface area (Å²) in [6.45, 7) is 9.45. The molecule has 1 amide bonds. The van der Waals surface area contributed by atoms with E-state index < -0.39 is 0 Å². The van der Waals surface area contributed by atoms with Crippen molar-refractivity contribution < 1.29 is 4.79 Å². The zero-order valence-corrected chi connectivity index (χ0v) is 12.7. The lowest BCUT2D eigenvalue weighted by molar-refractivity contribution is 0.0735. The Bertz CT molecular complexity index is 412. The van der Waals surface area contributed by atoms with Crippen LogP contribution in [0.3, 0.4) is 0 Å². The molecule has 0 aliphatic rings. The van der Waals surface area contributed by atoms with Crippen LogP contribution < -0.4 is 5.73 Å². The molecule has 0 aliphatic carbocycles. The second-order valence-corrected chi connectivity index (χ2v) is 6.64. The molecule has 1 aromatic heterocycles. The molecule has 0 spiro atoms. The van der Waals surface area contributed by atoms with E-state index in [2.05, 4.69) is 32.7 Å². The number of hydrogen-bond donors (Lipinski definition) is 1. The average Bonchev–Trinajstić information content (AvgIpc) is 2.76. The van der Waals surface area contributed by atoms with Crippen LogP contribution in [0, 0.1) is 5.41 Å². The maximum Gasteiger partial charge on any atom is 0.273 e. The van der Waals surface area contributed by atoms with Gasteiger partial charge in [-0.1, -0.05) is 27.7 Å². The molecule has 0 fully saturated rings. The third kappa shape index (κ3) is 3.78. The van der Waals surface area contributed by atoms with Gasteiger partial charge in [-0.25, -0.2) is 4.98 Å². The summed E-state index contributed by atoms with van der Waals surface area (Å²) < 4.78 is 0. The number of nitrogens with two attached hydrogens (primary N) is 1. The van der Waals surface area contributed by atoms with Crippen LogP contribution in [-0.2, 0) is 0 Å². The van der Waals surface area contributed by atoms with Gasteiger partial charge in [0.2, 0.25) is 0 Å². The van der Waals surface area contributed by atoms with Crippen LogP contribution >= 0.6 is 11.3 Å². The average molecular weight is 269 g/mol. The highest BCUT2D eigenvalue weighted by atomic mass is 32.1. The zero-order valence-electron chi connectivity index (χ0n) is 11.9. The molecule has 0 unspecified atom stereocenters. The Balaban J connectivity index is 2.74. The fourth-order valence-electron chi connectivity index (χ4n) is 1.62. The predicted molar refractivity (Wildman–Crippen MR) is 76.0 cm³/mol. The van der Waals surface area contributed by atoms with Gasteiger partial charge in [0.05, 0.1) is 5.01 Å². The maximum absolute atomic E-state index is 12.2. The number of amides is 1. The van der Waals surface area contributed by atoms with Crippen LogP contribution in [0.5, 0.6) is 0 Å². The van der Waals surface area contributed by atoms with Crippen molar-refractivity contribution in [3.63, 3.8) is 0 Å². The molecule has 0 radical (unpaired) electrons. The van der Waals surface area contributed by atoms with E-state index >= 15 is 0 Å². The summed E-state index contributed by atoms with van der Waals surface area (Å²) in [5.41, 5.74) is 6.16. The van der Waals surface area contributed by atoms with Crippen LogP contribution in [0.4, 0.5) is 0 Å². The molecular formula is C13H23N3OS. The van der Waals surface area contributed by atoms with Gasteiger partial charge in [-0.3, -0.25) is 4.79 Å². The van der Waals surface area contributed by atoms with E-state index in [4.69, 9.17) is 5.73 Å². The van der Waals surface area contributed by atoms with Crippen molar-refractivity contribution in [2.75, 3.05) is 20.1 Å². The van der Waals surface area contributed by atoms with Gasteiger partial charge in [-0.2, -0.15) is 0 Å². The van der Waals surface area contributed by atoms with Crippen molar-refractivity contribution in [3.8, 4) is 0 Å². The number of thiazole rings is 1. The Hall–Kier alpha value is -0.940. The van der Waals surface area contributed by atoms with E-state index in [1.54, 1.807) is 23.3 Å². The highest BCUT2D eigenvalue weighted by Gasteiger charge is 2.23. The predicted octanol–water partition coefficient (Wildman–Crippen LogP) is 2.32. The summed E-state index contributed by atoms with van der Waals surface area (Å²) in [6.07, 6.45) is 0. The van der Waals surface area contributed by atoms with E-state index in [1.165, 1.54) is 0 Å². The van der Waals surface area contributed by atoms with Crippen molar-refractivity contribution in [3.05, 3.63) is 16.1 Å². The molecule has 5 heteroatoms. The molecule has 1 heterocycles. The molecular weight excluding hydrogens is 246 g/mol. The quantitative estimate of drug-likeness (QED) is 0.892. The lowest BCUT2D eigenvalue weighted by Gasteiger charge is -2.28. The summed E-state index contributed by atoms with van der Waals surface area (Å²) in [4.78, 5) is 18.3. The highest BCUT2D eigenvalue weighted by Crippen LogP contribution is 2.21. The zero-order chi connectivity index (χ0) is 13.9. The topological polar surface area (TPSA) is 59.2 Å². The molecule has 0 saturated carbocycles. The second kappa shape index (κ2) is 5.80. The van der Waals surface area contributed by atoms with Gasteiger partial charge in [0, 0.05) is 24.9 Å². The van der Waals surface area contributed by atoms with Crippen molar-refractivity contribution >= 4 is 17.2 Å². The third-order valence-electron chi connectivity index (χ3n) is 2.80. The Morgan fingerprint density at radius 1 is 1.56 bits per heavy atom. The molecule has 0 aliphatic heterocycles. The van der Waals surface area contributed by atoms with Gasteiger partial charge in [-0.05, 0) is 12.0 Å². The molecule has 0 aromatic carbocycles. The molecule has 0 bridgehead atoms. The van der Waals surface area contributed by atoms with Crippen LogP contribution in [0.15, 0.2) is 5.38 Å². The van der Waals surface area contributed by atoms with Gasteiger partial charge in [0.25, 0.3) is 5.91 Å². The number of carbonyl (C=O) groups excluding carboxylic acids is 1. The first-order chi connectivity index (χ1) is 8.26. The van der Waals surface area contributed by atoms with Crippen LogP contribution in [0.25, 0.3) is 0 Å². The van der Waals surface area contributed by atoms with Crippen molar-refractivity contribution in [2.45, 2.75) is 33.6 Å². The number of hydrogen-bond acceptors (Lipinski definition) is 4. The summed E-state index contributed by atoms with van der Waals surface area (Å²) in [6, 6.07) is 0. The van der Waals surface area contributed by atoms with Gasteiger partial charge in [0.15, 0.2) is 0 Å². The Morgan fingerprint density at radius 3 is 2.61 bits per heavy atom. The first-order valence-corrected chi connectivity index (χ1v) is 7.06. The van der Waals surface area contributed by atoms with E-state index in [1.807, 2.05) is 5.38 Å². The summed E-state index contributed by atoms with van der Waals surface area (Å²) in [5.74, 6) is 0.335. The molecule has 2 N–H and O–H groups in total.